The Morgan fingerprint density at radius 1 is 1.21 bits per heavy atom. The van der Waals surface area contributed by atoms with Crippen LogP contribution in [0.25, 0.3) is 0 Å². The van der Waals surface area contributed by atoms with Crippen molar-refractivity contribution in [1.29, 1.82) is 0 Å². The molecule has 0 fully saturated rings. The lowest BCUT2D eigenvalue weighted by molar-refractivity contribution is 0.553. The van der Waals surface area contributed by atoms with Crippen LogP contribution in [-0.2, 0) is 0 Å². The largest absolute Gasteiger partial charge is 0.306 e. The predicted molar refractivity (Wildman–Crippen MR) is 70.9 cm³/mol. The smallest absolute Gasteiger partial charge is 0.146 e. The van der Waals surface area contributed by atoms with E-state index in [9.17, 15) is 8.78 Å². The zero-order valence-electron chi connectivity index (χ0n) is 11.0. The van der Waals surface area contributed by atoms with Gasteiger partial charge in [-0.3, -0.25) is 4.98 Å². The van der Waals surface area contributed by atoms with Gasteiger partial charge in [0.1, 0.15) is 11.6 Å². The highest BCUT2D eigenvalue weighted by Gasteiger charge is 2.17. The van der Waals surface area contributed by atoms with Gasteiger partial charge in [0.05, 0.1) is 12.2 Å². The van der Waals surface area contributed by atoms with E-state index >= 15 is 0 Å². The molecule has 1 aromatic carbocycles. The van der Waals surface area contributed by atoms with Crippen molar-refractivity contribution in [3.8, 4) is 0 Å². The fraction of sp³-hybridized carbons (Fsp3) is 0.267. The summed E-state index contributed by atoms with van der Waals surface area (Å²) in [5.41, 5.74) is 1.91. The van der Waals surface area contributed by atoms with Crippen molar-refractivity contribution in [2.75, 3.05) is 6.54 Å². The lowest BCUT2D eigenvalue weighted by atomic mass is 9.97. The van der Waals surface area contributed by atoms with Crippen LogP contribution in [0, 0.1) is 18.6 Å². The van der Waals surface area contributed by atoms with Crippen molar-refractivity contribution in [1.82, 2.24) is 10.3 Å². The van der Waals surface area contributed by atoms with Crippen LogP contribution in [0.2, 0.25) is 0 Å². The minimum atomic E-state index is -0.365. The molecule has 0 spiro atoms. The first-order valence-electron chi connectivity index (χ1n) is 6.22. The van der Waals surface area contributed by atoms with E-state index < -0.39 is 0 Å². The maximum Gasteiger partial charge on any atom is 0.146 e. The van der Waals surface area contributed by atoms with Crippen LogP contribution in [0.3, 0.4) is 0 Å². The maximum atomic E-state index is 13.9. The zero-order chi connectivity index (χ0) is 13.8. The summed E-state index contributed by atoms with van der Waals surface area (Å²) in [6.45, 7) is 4.33. The quantitative estimate of drug-likeness (QED) is 0.913. The van der Waals surface area contributed by atoms with Gasteiger partial charge in [-0.25, -0.2) is 8.78 Å². The molecular formula is C15H16F2N2. The van der Waals surface area contributed by atoms with E-state index in [1.54, 1.807) is 31.3 Å². The van der Waals surface area contributed by atoms with Crippen LogP contribution < -0.4 is 5.32 Å². The van der Waals surface area contributed by atoms with Crippen LogP contribution in [0.4, 0.5) is 8.78 Å². The van der Waals surface area contributed by atoms with E-state index in [1.807, 2.05) is 6.92 Å². The molecule has 0 bridgehead atoms. The average molecular weight is 262 g/mol. The Kier molecular flexibility index (Phi) is 4.22. The van der Waals surface area contributed by atoms with Gasteiger partial charge in [0.15, 0.2) is 0 Å². The van der Waals surface area contributed by atoms with Gasteiger partial charge in [0.2, 0.25) is 0 Å². The second-order valence-corrected chi connectivity index (χ2v) is 4.40. The van der Waals surface area contributed by atoms with E-state index in [0.29, 0.717) is 17.7 Å². The summed E-state index contributed by atoms with van der Waals surface area (Å²) < 4.78 is 27.2. The van der Waals surface area contributed by atoms with Crippen LogP contribution in [0.1, 0.15) is 29.7 Å². The normalized spacial score (nSPS) is 12.4. The number of pyridine rings is 1. The summed E-state index contributed by atoms with van der Waals surface area (Å²) in [5, 5.41) is 3.21. The fourth-order valence-corrected chi connectivity index (χ4v) is 2.08. The van der Waals surface area contributed by atoms with E-state index in [2.05, 4.69) is 10.3 Å². The van der Waals surface area contributed by atoms with E-state index in [-0.39, 0.29) is 17.7 Å². The number of aromatic nitrogens is 1. The first kappa shape index (κ1) is 13.6. The number of hydrogen-bond donors (Lipinski definition) is 1. The molecule has 2 aromatic rings. The van der Waals surface area contributed by atoms with Gasteiger partial charge in [-0.2, -0.15) is 0 Å². The Labute approximate surface area is 111 Å². The number of aryl methyl sites for hydroxylation is 1. The minimum Gasteiger partial charge on any atom is -0.306 e. The van der Waals surface area contributed by atoms with Gasteiger partial charge in [-0.1, -0.05) is 19.1 Å². The lowest BCUT2D eigenvalue weighted by Crippen LogP contribution is -2.23. The van der Waals surface area contributed by atoms with Crippen molar-refractivity contribution in [2.24, 2.45) is 0 Å². The zero-order valence-corrected chi connectivity index (χ0v) is 11.0. The molecule has 4 heteroatoms. The number of nitrogens with one attached hydrogen (secondary N) is 1. The van der Waals surface area contributed by atoms with Gasteiger partial charge < -0.3 is 5.32 Å². The third-order valence-corrected chi connectivity index (χ3v) is 3.04. The molecule has 0 saturated heterocycles. The summed E-state index contributed by atoms with van der Waals surface area (Å²) in [5.74, 6) is -0.621. The Morgan fingerprint density at radius 3 is 2.63 bits per heavy atom. The second kappa shape index (κ2) is 5.89. The third-order valence-electron chi connectivity index (χ3n) is 3.04. The van der Waals surface area contributed by atoms with Gasteiger partial charge in [-0.15, -0.1) is 0 Å². The number of halogens is 2. The van der Waals surface area contributed by atoms with Crippen LogP contribution in [-0.4, -0.2) is 11.5 Å². The van der Waals surface area contributed by atoms with Crippen molar-refractivity contribution in [3.63, 3.8) is 0 Å². The van der Waals surface area contributed by atoms with Gasteiger partial charge >= 0.3 is 0 Å². The Morgan fingerprint density at radius 2 is 2.00 bits per heavy atom. The predicted octanol–water partition coefficient (Wildman–Crippen LogP) is 3.37. The van der Waals surface area contributed by atoms with Crippen LogP contribution in [0.5, 0.6) is 0 Å². The van der Waals surface area contributed by atoms with Crippen LogP contribution >= 0.6 is 0 Å². The molecule has 1 atom stereocenters. The van der Waals surface area contributed by atoms with Crippen molar-refractivity contribution in [2.45, 2.75) is 19.9 Å². The van der Waals surface area contributed by atoms with Crippen LogP contribution in [0.15, 0.2) is 36.7 Å². The molecule has 0 aliphatic carbocycles. The molecule has 2 rings (SSSR count). The highest BCUT2D eigenvalue weighted by atomic mass is 19.1. The number of rotatable bonds is 4. The lowest BCUT2D eigenvalue weighted by Gasteiger charge is -2.20. The van der Waals surface area contributed by atoms with Crippen molar-refractivity contribution >= 4 is 0 Å². The maximum absolute atomic E-state index is 13.9. The summed E-state index contributed by atoms with van der Waals surface area (Å²) in [4.78, 5) is 3.75. The third kappa shape index (κ3) is 2.96. The molecule has 1 unspecified atom stereocenters. The van der Waals surface area contributed by atoms with Gasteiger partial charge in [0.25, 0.3) is 0 Å². The Hall–Kier alpha value is -1.81. The summed E-state index contributed by atoms with van der Waals surface area (Å²) in [7, 11) is 0. The molecule has 0 radical (unpaired) electrons. The molecule has 0 aliphatic rings. The Bertz CT molecular complexity index is 570. The second-order valence-electron chi connectivity index (χ2n) is 4.40. The van der Waals surface area contributed by atoms with Crippen molar-refractivity contribution < 1.29 is 8.78 Å². The highest BCUT2D eigenvalue weighted by molar-refractivity contribution is 5.34. The molecule has 100 valence electrons. The minimum absolute atomic E-state index is 0.255. The monoisotopic (exact) mass is 262 g/mol. The SMILES string of the molecule is CCNC(c1ccc(F)c(C)c1)c1ccncc1F. The molecule has 1 aromatic heterocycles. The first-order valence-corrected chi connectivity index (χ1v) is 6.22. The molecule has 1 N–H and O–H groups in total. The number of hydrogen-bond acceptors (Lipinski definition) is 2. The van der Waals surface area contributed by atoms with E-state index in [0.717, 1.165) is 5.56 Å². The number of nitrogens with zero attached hydrogens (tertiary/aromatic N) is 1. The summed E-state index contributed by atoms with van der Waals surface area (Å²) >= 11 is 0. The molecule has 0 saturated carbocycles. The number of benzene rings is 1. The summed E-state index contributed by atoms with van der Waals surface area (Å²) in [6.07, 6.45) is 2.75. The molecule has 1 heterocycles. The highest BCUT2D eigenvalue weighted by Crippen LogP contribution is 2.25. The summed E-state index contributed by atoms with van der Waals surface area (Å²) in [6, 6.07) is 6.17. The average Bonchev–Trinajstić information content (AvgIpc) is 2.40. The molecular weight excluding hydrogens is 246 g/mol. The van der Waals surface area contributed by atoms with Crippen molar-refractivity contribution in [3.05, 3.63) is 65.0 Å². The van der Waals surface area contributed by atoms with E-state index in [1.165, 1.54) is 12.3 Å². The molecule has 2 nitrogen and oxygen atoms in total. The standard InChI is InChI=1S/C15H16F2N2/c1-3-19-15(12-6-7-18-9-14(12)17)11-4-5-13(16)10(2)8-11/h4-9,15,19H,3H2,1-2H3. The van der Waals surface area contributed by atoms with E-state index in [4.69, 9.17) is 0 Å². The molecule has 0 amide bonds. The molecule has 19 heavy (non-hydrogen) atoms. The molecule has 0 aliphatic heterocycles. The van der Waals surface area contributed by atoms with Gasteiger partial charge in [0, 0.05) is 11.8 Å². The topological polar surface area (TPSA) is 24.9 Å². The fourth-order valence-electron chi connectivity index (χ4n) is 2.08. The Balaban J connectivity index is 2.45. The first-order chi connectivity index (χ1) is 9.13. The van der Waals surface area contributed by atoms with Gasteiger partial charge in [-0.05, 0) is 36.7 Å².